The summed E-state index contributed by atoms with van der Waals surface area (Å²) in [7, 11) is 1.57. The average molecular weight is 363 g/mol. The molecule has 1 atom stereocenters. The Morgan fingerprint density at radius 2 is 2.07 bits per heavy atom. The van der Waals surface area contributed by atoms with E-state index in [9.17, 15) is 4.79 Å². The summed E-state index contributed by atoms with van der Waals surface area (Å²) >= 11 is 0. The maximum Gasteiger partial charge on any atom is 0.258 e. The summed E-state index contributed by atoms with van der Waals surface area (Å²) in [5.41, 5.74) is 2.59. The van der Waals surface area contributed by atoms with Crippen LogP contribution in [0.15, 0.2) is 53.1 Å². The highest BCUT2D eigenvalue weighted by Gasteiger charge is 2.35. The van der Waals surface area contributed by atoms with Crippen molar-refractivity contribution in [2.45, 2.75) is 25.8 Å². The molecule has 1 aliphatic heterocycles. The fourth-order valence-corrected chi connectivity index (χ4v) is 3.51. The van der Waals surface area contributed by atoms with Gasteiger partial charge < -0.3 is 14.2 Å². The molecule has 0 spiro atoms. The first-order valence-electron chi connectivity index (χ1n) is 9.02. The number of carbonyl (C=O) groups is 1. The number of amides is 1. The number of nitrogens with zero attached hydrogens (tertiary/aromatic N) is 3. The lowest BCUT2D eigenvalue weighted by atomic mass is 10.1. The fraction of sp³-hybridized carbons (Fsp3) is 0.286. The predicted molar refractivity (Wildman–Crippen MR) is 100 cm³/mol. The molecule has 1 aliphatic rings. The van der Waals surface area contributed by atoms with Crippen molar-refractivity contribution in [3.05, 3.63) is 65.5 Å². The van der Waals surface area contributed by atoms with E-state index in [0.717, 1.165) is 24.0 Å². The highest BCUT2D eigenvalue weighted by atomic mass is 16.5. The van der Waals surface area contributed by atoms with Gasteiger partial charge in [0, 0.05) is 12.1 Å². The maximum absolute atomic E-state index is 13.1. The van der Waals surface area contributed by atoms with Gasteiger partial charge in [0.05, 0.1) is 12.7 Å². The van der Waals surface area contributed by atoms with Crippen molar-refractivity contribution < 1.29 is 14.1 Å². The zero-order valence-corrected chi connectivity index (χ0v) is 15.4. The maximum atomic E-state index is 13.1. The number of benzene rings is 2. The molecule has 27 heavy (non-hydrogen) atoms. The average Bonchev–Trinajstić information content (AvgIpc) is 3.36. The molecule has 6 nitrogen and oxygen atoms in total. The van der Waals surface area contributed by atoms with Gasteiger partial charge in [-0.05, 0) is 38.0 Å². The third-order valence-electron chi connectivity index (χ3n) is 4.85. The van der Waals surface area contributed by atoms with Crippen LogP contribution in [0.1, 0.15) is 40.7 Å². The van der Waals surface area contributed by atoms with Gasteiger partial charge in [0.25, 0.3) is 5.91 Å². The second kappa shape index (κ2) is 7.23. The Balaban J connectivity index is 1.61. The van der Waals surface area contributed by atoms with Crippen molar-refractivity contribution in [3.63, 3.8) is 0 Å². The second-order valence-electron chi connectivity index (χ2n) is 6.68. The van der Waals surface area contributed by atoms with Crippen LogP contribution in [0.5, 0.6) is 5.75 Å². The molecule has 4 rings (SSSR count). The largest absolute Gasteiger partial charge is 0.496 e. The molecule has 0 N–H and O–H groups in total. The van der Waals surface area contributed by atoms with E-state index in [1.165, 1.54) is 0 Å². The number of methoxy groups -OCH3 is 1. The minimum absolute atomic E-state index is 0.0785. The Morgan fingerprint density at radius 3 is 2.89 bits per heavy atom. The molecular weight excluding hydrogens is 342 g/mol. The fourth-order valence-electron chi connectivity index (χ4n) is 3.51. The molecule has 0 radical (unpaired) electrons. The zero-order valence-electron chi connectivity index (χ0n) is 15.4. The number of rotatable bonds is 4. The highest BCUT2D eigenvalue weighted by Crippen LogP contribution is 2.34. The first kappa shape index (κ1) is 17.3. The van der Waals surface area contributed by atoms with E-state index < -0.39 is 0 Å². The van der Waals surface area contributed by atoms with Gasteiger partial charge >= 0.3 is 0 Å². The van der Waals surface area contributed by atoms with E-state index >= 15 is 0 Å². The number of ether oxygens (including phenoxy) is 1. The molecule has 1 fully saturated rings. The van der Waals surface area contributed by atoms with E-state index in [4.69, 9.17) is 9.26 Å². The summed E-state index contributed by atoms with van der Waals surface area (Å²) in [6.07, 6.45) is 1.70. The SMILES string of the molecule is COc1ccccc1C(=O)N1CCCC1c1nc(-c2cccc(C)c2)no1. The van der Waals surface area contributed by atoms with E-state index in [1.54, 1.807) is 24.1 Å². The van der Waals surface area contributed by atoms with Crippen LogP contribution >= 0.6 is 0 Å². The van der Waals surface area contributed by atoms with Crippen LogP contribution in [0, 0.1) is 6.92 Å². The molecular formula is C21H21N3O3. The van der Waals surface area contributed by atoms with E-state index in [-0.39, 0.29) is 11.9 Å². The monoisotopic (exact) mass is 363 g/mol. The lowest BCUT2D eigenvalue weighted by molar-refractivity contribution is 0.0706. The Labute approximate surface area is 157 Å². The van der Waals surface area contributed by atoms with Crippen LogP contribution in [0.2, 0.25) is 0 Å². The molecule has 1 amide bonds. The predicted octanol–water partition coefficient (Wildman–Crippen LogP) is 4.03. The van der Waals surface area contributed by atoms with Gasteiger partial charge in [0.2, 0.25) is 11.7 Å². The first-order chi connectivity index (χ1) is 13.2. The van der Waals surface area contributed by atoms with Gasteiger partial charge in [0.1, 0.15) is 11.8 Å². The standard InChI is InChI=1S/C21H21N3O3/c1-14-7-5-8-15(13-14)19-22-20(27-23-19)17-10-6-12-24(17)21(25)16-9-3-4-11-18(16)26-2/h3-5,7-9,11,13,17H,6,10,12H2,1-2H3. The van der Waals surface area contributed by atoms with Gasteiger partial charge in [-0.2, -0.15) is 4.98 Å². The number of aryl methyl sites for hydroxylation is 1. The minimum Gasteiger partial charge on any atom is -0.496 e. The van der Waals surface area contributed by atoms with E-state index in [1.807, 2.05) is 43.3 Å². The van der Waals surface area contributed by atoms with Crippen LogP contribution < -0.4 is 4.74 Å². The van der Waals surface area contributed by atoms with Gasteiger partial charge in [0.15, 0.2) is 0 Å². The van der Waals surface area contributed by atoms with Gasteiger partial charge in [-0.25, -0.2) is 0 Å². The number of hydrogen-bond acceptors (Lipinski definition) is 5. The topological polar surface area (TPSA) is 68.5 Å². The van der Waals surface area contributed by atoms with Gasteiger partial charge in [-0.15, -0.1) is 0 Å². The summed E-state index contributed by atoms with van der Waals surface area (Å²) < 4.78 is 10.9. The Bertz CT molecular complexity index is 967. The van der Waals surface area contributed by atoms with Crippen molar-refractivity contribution in [2.24, 2.45) is 0 Å². The molecule has 1 unspecified atom stereocenters. The lowest BCUT2D eigenvalue weighted by Gasteiger charge is -2.22. The van der Waals surface area contributed by atoms with Crippen molar-refractivity contribution in [2.75, 3.05) is 13.7 Å². The number of aromatic nitrogens is 2. The third kappa shape index (κ3) is 3.30. The van der Waals surface area contributed by atoms with E-state index in [0.29, 0.717) is 29.6 Å². The number of carbonyl (C=O) groups excluding carboxylic acids is 1. The normalized spacial score (nSPS) is 16.5. The van der Waals surface area contributed by atoms with Crippen molar-refractivity contribution >= 4 is 5.91 Å². The molecule has 0 bridgehead atoms. The Kier molecular flexibility index (Phi) is 4.62. The second-order valence-corrected chi connectivity index (χ2v) is 6.68. The molecule has 3 aromatic rings. The molecule has 1 saturated heterocycles. The molecule has 138 valence electrons. The van der Waals surface area contributed by atoms with Crippen LogP contribution in [0.25, 0.3) is 11.4 Å². The van der Waals surface area contributed by atoms with Crippen molar-refractivity contribution in [3.8, 4) is 17.1 Å². The minimum atomic E-state index is -0.214. The molecule has 0 aliphatic carbocycles. The number of para-hydroxylation sites is 1. The number of hydrogen-bond donors (Lipinski definition) is 0. The molecule has 6 heteroatoms. The van der Waals surface area contributed by atoms with Crippen molar-refractivity contribution in [1.29, 1.82) is 0 Å². The Hall–Kier alpha value is -3.15. The lowest BCUT2D eigenvalue weighted by Crippen LogP contribution is -2.31. The van der Waals surface area contributed by atoms with Crippen LogP contribution in [-0.4, -0.2) is 34.6 Å². The van der Waals surface area contributed by atoms with Crippen LogP contribution in [0.3, 0.4) is 0 Å². The van der Waals surface area contributed by atoms with Crippen LogP contribution in [-0.2, 0) is 0 Å². The quantitative estimate of drug-likeness (QED) is 0.700. The van der Waals surface area contributed by atoms with Crippen molar-refractivity contribution in [1.82, 2.24) is 15.0 Å². The smallest absolute Gasteiger partial charge is 0.258 e. The van der Waals surface area contributed by atoms with Gasteiger partial charge in [-0.3, -0.25) is 4.79 Å². The highest BCUT2D eigenvalue weighted by molar-refractivity contribution is 5.97. The molecule has 1 aromatic heterocycles. The molecule has 2 heterocycles. The summed E-state index contributed by atoms with van der Waals surface area (Å²) in [5, 5.41) is 4.12. The summed E-state index contributed by atoms with van der Waals surface area (Å²) in [4.78, 5) is 19.5. The van der Waals surface area contributed by atoms with Crippen LogP contribution in [0.4, 0.5) is 0 Å². The number of likely N-dealkylation sites (tertiary alicyclic amines) is 1. The van der Waals surface area contributed by atoms with E-state index in [2.05, 4.69) is 10.1 Å². The zero-order chi connectivity index (χ0) is 18.8. The van der Waals surface area contributed by atoms with Gasteiger partial charge in [-0.1, -0.05) is 41.1 Å². The molecule has 2 aromatic carbocycles. The summed E-state index contributed by atoms with van der Waals surface area (Å²) in [6.45, 7) is 2.68. The summed E-state index contributed by atoms with van der Waals surface area (Å²) in [6, 6.07) is 15.0. The third-order valence-corrected chi connectivity index (χ3v) is 4.85. The Morgan fingerprint density at radius 1 is 1.22 bits per heavy atom. The summed E-state index contributed by atoms with van der Waals surface area (Å²) in [5.74, 6) is 1.52. The first-order valence-corrected chi connectivity index (χ1v) is 9.02. The molecule has 0 saturated carbocycles.